The molecule has 1 fully saturated rings. The van der Waals surface area contributed by atoms with Crippen molar-refractivity contribution < 1.29 is 23.0 Å². The molecule has 1 heterocycles. The first-order valence-electron chi connectivity index (χ1n) is 13.0. The molecule has 0 aliphatic carbocycles. The molecule has 208 valence electrons. The quantitative estimate of drug-likeness (QED) is 0.162. The first kappa shape index (κ1) is 28.2. The molecule has 9 heteroatoms. The fraction of sp³-hybridized carbons (Fsp3) is 0.226. The number of nitrogens with two attached hydrogens (primary N) is 1. The molecule has 4 atom stereocenters. The van der Waals surface area contributed by atoms with E-state index in [4.69, 9.17) is 15.2 Å². The summed E-state index contributed by atoms with van der Waals surface area (Å²) < 4.78 is 41.5. The Hall–Kier alpha value is -3.34. The Morgan fingerprint density at radius 3 is 2.33 bits per heavy atom. The minimum Gasteiger partial charge on any atom is -0.398 e. The summed E-state index contributed by atoms with van der Waals surface area (Å²) in [6.45, 7) is 2.07. The Kier molecular flexibility index (Phi) is 8.78. The molecule has 7 nitrogen and oxygen atoms in total. The van der Waals surface area contributed by atoms with Gasteiger partial charge in [-0.25, -0.2) is 8.42 Å². The number of ether oxygens (including phenoxy) is 2. The smallest absolute Gasteiger partial charge is 0.261 e. The van der Waals surface area contributed by atoms with Crippen molar-refractivity contribution in [1.82, 2.24) is 0 Å². The first-order valence-corrected chi connectivity index (χ1v) is 15.5. The van der Waals surface area contributed by atoms with Crippen LogP contribution in [0.4, 0.5) is 11.4 Å². The highest BCUT2D eigenvalue weighted by Gasteiger charge is 2.38. The number of benzene rings is 4. The first-order chi connectivity index (χ1) is 19.3. The highest BCUT2D eigenvalue weighted by atomic mass is 32.2. The number of nitrogen functional groups attached to an aromatic ring is 1. The van der Waals surface area contributed by atoms with Gasteiger partial charge in [0.25, 0.3) is 10.0 Å². The van der Waals surface area contributed by atoms with Gasteiger partial charge in [-0.05, 0) is 47.5 Å². The third kappa shape index (κ3) is 6.51. The molecule has 40 heavy (non-hydrogen) atoms. The molecule has 0 saturated carbocycles. The predicted octanol–water partition coefficient (Wildman–Crippen LogP) is 6.15. The predicted molar refractivity (Wildman–Crippen MR) is 158 cm³/mol. The maximum Gasteiger partial charge on any atom is 0.261 e. The molecule has 0 spiro atoms. The minimum atomic E-state index is -3.75. The lowest BCUT2D eigenvalue weighted by Gasteiger charge is -2.41. The van der Waals surface area contributed by atoms with E-state index in [1.807, 2.05) is 54.6 Å². The van der Waals surface area contributed by atoms with Crippen molar-refractivity contribution in [3.63, 3.8) is 0 Å². The summed E-state index contributed by atoms with van der Waals surface area (Å²) in [5.74, 6) is 0.661. The summed E-state index contributed by atoms with van der Waals surface area (Å²) in [7, 11) is -3.75. The van der Waals surface area contributed by atoms with Gasteiger partial charge >= 0.3 is 0 Å². The number of para-hydroxylation sites is 1. The van der Waals surface area contributed by atoms with E-state index in [9.17, 15) is 13.5 Å². The van der Waals surface area contributed by atoms with Gasteiger partial charge in [0.15, 0.2) is 6.29 Å². The second kappa shape index (κ2) is 12.4. The lowest BCUT2D eigenvalue weighted by Crippen LogP contribution is -2.38. The molecule has 4 unspecified atom stereocenters. The summed E-state index contributed by atoms with van der Waals surface area (Å²) >= 11 is 1.64. The van der Waals surface area contributed by atoms with Gasteiger partial charge in [-0.15, -0.1) is 11.8 Å². The SMILES string of the molecule is CC1C(CSc2ccccc2N)OC(c2cccc(NS(=O)(=O)c3ccccc3)c2)OC1c1ccc(CO)cc1. The van der Waals surface area contributed by atoms with E-state index in [2.05, 4.69) is 11.6 Å². The van der Waals surface area contributed by atoms with Crippen molar-refractivity contribution in [1.29, 1.82) is 0 Å². The summed E-state index contributed by atoms with van der Waals surface area (Å²) in [6, 6.07) is 30.8. The molecule has 1 aliphatic heterocycles. The number of aliphatic hydroxyl groups is 1. The summed E-state index contributed by atoms with van der Waals surface area (Å²) in [6.07, 6.45) is -1.19. The topological polar surface area (TPSA) is 111 Å². The summed E-state index contributed by atoms with van der Waals surface area (Å²) in [5, 5.41) is 9.49. The van der Waals surface area contributed by atoms with Crippen molar-refractivity contribution in [3.8, 4) is 0 Å². The molecule has 1 aliphatic rings. The Bertz CT molecular complexity index is 1530. The fourth-order valence-electron chi connectivity index (χ4n) is 4.66. The number of anilines is 2. The molecule has 0 aromatic heterocycles. The Morgan fingerprint density at radius 1 is 0.875 bits per heavy atom. The maximum absolute atomic E-state index is 12.9. The maximum atomic E-state index is 12.9. The van der Waals surface area contributed by atoms with Gasteiger partial charge in [-0.2, -0.15) is 0 Å². The molecular weight excluding hydrogens is 544 g/mol. The second-order valence-electron chi connectivity index (χ2n) is 9.71. The van der Waals surface area contributed by atoms with Gasteiger partial charge in [0.2, 0.25) is 0 Å². The van der Waals surface area contributed by atoms with Crippen LogP contribution in [-0.2, 0) is 26.1 Å². The van der Waals surface area contributed by atoms with E-state index in [0.29, 0.717) is 17.0 Å². The van der Waals surface area contributed by atoms with Gasteiger partial charge in [-0.3, -0.25) is 4.72 Å². The van der Waals surface area contributed by atoms with Crippen LogP contribution in [0.1, 0.15) is 36.0 Å². The lowest BCUT2D eigenvalue weighted by atomic mass is 9.91. The average Bonchev–Trinajstić information content (AvgIpc) is 2.98. The van der Waals surface area contributed by atoms with Crippen LogP contribution < -0.4 is 10.5 Å². The number of rotatable bonds is 9. The van der Waals surface area contributed by atoms with Crippen molar-refractivity contribution in [2.75, 3.05) is 16.2 Å². The zero-order valence-corrected chi connectivity index (χ0v) is 23.6. The van der Waals surface area contributed by atoms with Gasteiger partial charge in [0.1, 0.15) is 0 Å². The molecule has 0 amide bonds. The van der Waals surface area contributed by atoms with E-state index < -0.39 is 16.3 Å². The van der Waals surface area contributed by atoms with Crippen LogP contribution in [0.15, 0.2) is 113 Å². The molecule has 5 rings (SSSR count). The van der Waals surface area contributed by atoms with Crippen LogP contribution in [0, 0.1) is 5.92 Å². The molecule has 0 radical (unpaired) electrons. The van der Waals surface area contributed by atoms with E-state index in [1.165, 1.54) is 0 Å². The number of aliphatic hydroxyl groups excluding tert-OH is 1. The van der Waals surface area contributed by atoms with Crippen LogP contribution in [0.5, 0.6) is 0 Å². The number of hydrogen-bond acceptors (Lipinski definition) is 7. The number of hydrogen-bond donors (Lipinski definition) is 3. The van der Waals surface area contributed by atoms with E-state index >= 15 is 0 Å². The van der Waals surface area contributed by atoms with Gasteiger partial charge in [0.05, 0.1) is 23.7 Å². The molecule has 0 bridgehead atoms. The van der Waals surface area contributed by atoms with Gasteiger partial charge in [0, 0.05) is 33.5 Å². The van der Waals surface area contributed by atoms with Crippen LogP contribution >= 0.6 is 11.8 Å². The van der Waals surface area contributed by atoms with Gasteiger partial charge < -0.3 is 20.3 Å². The highest BCUT2D eigenvalue weighted by molar-refractivity contribution is 7.99. The Morgan fingerprint density at radius 2 is 1.60 bits per heavy atom. The van der Waals surface area contributed by atoms with E-state index in [1.54, 1.807) is 60.3 Å². The molecule has 1 saturated heterocycles. The largest absolute Gasteiger partial charge is 0.398 e. The van der Waals surface area contributed by atoms with Crippen LogP contribution in [0.3, 0.4) is 0 Å². The zero-order valence-electron chi connectivity index (χ0n) is 22.0. The Balaban J connectivity index is 1.41. The van der Waals surface area contributed by atoms with E-state index in [-0.39, 0.29) is 29.6 Å². The molecule has 4 N–H and O–H groups in total. The van der Waals surface area contributed by atoms with Crippen LogP contribution in [0.25, 0.3) is 0 Å². The monoisotopic (exact) mass is 576 g/mol. The van der Waals surface area contributed by atoms with Crippen LogP contribution in [0.2, 0.25) is 0 Å². The highest BCUT2D eigenvalue weighted by Crippen LogP contribution is 2.43. The van der Waals surface area contributed by atoms with Crippen LogP contribution in [-0.4, -0.2) is 25.4 Å². The minimum absolute atomic E-state index is 0.00780. The van der Waals surface area contributed by atoms with Crippen molar-refractivity contribution in [2.24, 2.45) is 5.92 Å². The van der Waals surface area contributed by atoms with E-state index in [0.717, 1.165) is 21.7 Å². The number of nitrogens with one attached hydrogen (secondary N) is 1. The zero-order chi connectivity index (χ0) is 28.1. The average molecular weight is 577 g/mol. The summed E-state index contributed by atoms with van der Waals surface area (Å²) in [5.41, 5.74) is 9.82. The molecule has 4 aromatic carbocycles. The third-order valence-electron chi connectivity index (χ3n) is 6.91. The van der Waals surface area contributed by atoms with Crippen molar-refractivity contribution >= 4 is 33.2 Å². The summed E-state index contributed by atoms with van der Waals surface area (Å²) in [4.78, 5) is 1.17. The van der Waals surface area contributed by atoms with Crippen molar-refractivity contribution in [3.05, 3.63) is 120 Å². The number of thioether (sulfide) groups is 1. The fourth-order valence-corrected chi connectivity index (χ4v) is 6.86. The lowest BCUT2D eigenvalue weighted by molar-refractivity contribution is -0.268. The molecule has 4 aromatic rings. The van der Waals surface area contributed by atoms with Crippen molar-refractivity contribution in [2.45, 2.75) is 41.8 Å². The second-order valence-corrected chi connectivity index (χ2v) is 12.5. The number of sulfonamides is 1. The normalized spacial score (nSPS) is 21.1. The standard InChI is InChI=1S/C31H32N2O5S2/c1-21-28(20-39-29-13-6-5-12-27(29)32)37-31(38-30(21)23-16-14-22(19-34)15-17-23)24-8-7-9-25(18-24)33-40(35,36)26-10-3-2-4-11-26/h2-18,21,28,30-31,33-34H,19-20,32H2,1H3. The third-order valence-corrected chi connectivity index (χ3v) is 9.49. The van der Waals surface area contributed by atoms with Gasteiger partial charge in [-0.1, -0.05) is 73.7 Å². The molecular formula is C31H32N2O5S2. The Labute approximate surface area is 239 Å².